The molecule has 1 amide bonds. The molecule has 0 radical (unpaired) electrons. The molecule has 124 valence electrons. The highest BCUT2D eigenvalue weighted by Crippen LogP contribution is 2.38. The molecule has 1 saturated heterocycles. The van der Waals surface area contributed by atoms with Gasteiger partial charge in [-0.1, -0.05) is 6.07 Å². The number of ether oxygens (including phenoxy) is 2. The van der Waals surface area contributed by atoms with E-state index in [9.17, 15) is 4.79 Å². The molecule has 2 aliphatic heterocycles. The van der Waals surface area contributed by atoms with Crippen LogP contribution in [0.2, 0.25) is 0 Å². The summed E-state index contributed by atoms with van der Waals surface area (Å²) >= 11 is 3.38. The first-order valence-corrected chi connectivity index (χ1v) is 8.83. The highest BCUT2D eigenvalue weighted by atomic mass is 79.9. The molecule has 4 rings (SSSR count). The summed E-state index contributed by atoms with van der Waals surface area (Å²) in [5.41, 5.74) is 1.70. The number of hydrogen-bond donors (Lipinski definition) is 0. The number of carbonyl (C=O) groups is 1. The summed E-state index contributed by atoms with van der Waals surface area (Å²) in [6.45, 7) is 1.90. The summed E-state index contributed by atoms with van der Waals surface area (Å²) in [5.74, 6) is 1.56. The second-order valence-electron chi connectivity index (χ2n) is 5.95. The van der Waals surface area contributed by atoms with Gasteiger partial charge in [0.05, 0.1) is 11.6 Å². The lowest BCUT2D eigenvalue weighted by Gasteiger charge is -2.26. The first kappa shape index (κ1) is 15.4. The summed E-state index contributed by atoms with van der Waals surface area (Å²) < 4.78 is 12.1. The number of halogens is 1. The van der Waals surface area contributed by atoms with Gasteiger partial charge >= 0.3 is 0 Å². The van der Waals surface area contributed by atoms with E-state index in [0.29, 0.717) is 18.8 Å². The Kier molecular flexibility index (Phi) is 4.14. The fourth-order valence-corrected chi connectivity index (χ4v) is 3.68. The molecule has 1 fully saturated rings. The Morgan fingerprint density at radius 1 is 1.17 bits per heavy atom. The number of benzene rings is 1. The van der Waals surface area contributed by atoms with Crippen LogP contribution < -0.4 is 9.47 Å². The van der Waals surface area contributed by atoms with Crippen LogP contribution in [-0.4, -0.2) is 35.5 Å². The molecular weight excluding hydrogens is 372 g/mol. The van der Waals surface area contributed by atoms with Crippen molar-refractivity contribution in [2.75, 3.05) is 19.8 Å². The molecule has 0 N–H and O–H groups in total. The predicted molar refractivity (Wildman–Crippen MR) is 92.4 cm³/mol. The van der Waals surface area contributed by atoms with Crippen molar-refractivity contribution in [3.05, 3.63) is 52.3 Å². The van der Waals surface area contributed by atoms with E-state index in [2.05, 4.69) is 20.9 Å². The summed E-state index contributed by atoms with van der Waals surface area (Å²) in [7, 11) is 0. The summed E-state index contributed by atoms with van der Waals surface area (Å²) in [4.78, 5) is 18.9. The van der Waals surface area contributed by atoms with Gasteiger partial charge in [-0.3, -0.25) is 9.78 Å². The summed E-state index contributed by atoms with van der Waals surface area (Å²) in [6, 6.07) is 7.85. The van der Waals surface area contributed by atoms with Crippen LogP contribution in [0.5, 0.6) is 11.5 Å². The van der Waals surface area contributed by atoms with Crippen molar-refractivity contribution in [1.82, 2.24) is 9.88 Å². The zero-order chi connectivity index (χ0) is 16.5. The second kappa shape index (κ2) is 6.43. The standard InChI is InChI=1S/C18H17BrN2O3/c19-14-8-13(10-20-11-14)18(22)21-5-1-2-15(21)12-3-4-16-17(9-12)24-7-6-23-16/h3-4,8-11,15H,1-2,5-7H2. The average molecular weight is 389 g/mol. The van der Waals surface area contributed by atoms with E-state index >= 15 is 0 Å². The molecular formula is C18H17BrN2O3. The maximum absolute atomic E-state index is 12.9. The molecule has 2 aromatic rings. The molecule has 0 bridgehead atoms. The molecule has 2 aliphatic rings. The van der Waals surface area contributed by atoms with Crippen molar-refractivity contribution in [2.45, 2.75) is 18.9 Å². The van der Waals surface area contributed by atoms with Crippen LogP contribution in [0.15, 0.2) is 41.1 Å². The highest BCUT2D eigenvalue weighted by Gasteiger charge is 2.31. The van der Waals surface area contributed by atoms with Gasteiger partial charge in [-0.05, 0) is 52.5 Å². The fraction of sp³-hybridized carbons (Fsp3) is 0.333. The molecule has 0 saturated carbocycles. The van der Waals surface area contributed by atoms with E-state index in [-0.39, 0.29) is 11.9 Å². The Morgan fingerprint density at radius 3 is 2.83 bits per heavy atom. The zero-order valence-electron chi connectivity index (χ0n) is 13.1. The largest absolute Gasteiger partial charge is 0.486 e. The number of rotatable bonds is 2. The molecule has 1 atom stereocenters. The molecule has 1 unspecified atom stereocenters. The van der Waals surface area contributed by atoms with Crippen molar-refractivity contribution < 1.29 is 14.3 Å². The third-order valence-corrected chi connectivity index (χ3v) is 4.85. The van der Waals surface area contributed by atoms with Crippen molar-refractivity contribution >= 4 is 21.8 Å². The number of fused-ring (bicyclic) bond motifs is 1. The van der Waals surface area contributed by atoms with Gasteiger partial charge in [0, 0.05) is 23.4 Å². The molecule has 0 aliphatic carbocycles. The number of hydrogen-bond acceptors (Lipinski definition) is 4. The Morgan fingerprint density at radius 2 is 2.00 bits per heavy atom. The minimum absolute atomic E-state index is 0.0150. The maximum atomic E-state index is 12.9. The summed E-state index contributed by atoms with van der Waals surface area (Å²) in [6.07, 6.45) is 5.24. The van der Waals surface area contributed by atoms with Crippen molar-refractivity contribution in [3.63, 3.8) is 0 Å². The van der Waals surface area contributed by atoms with Gasteiger partial charge in [0.25, 0.3) is 5.91 Å². The summed E-state index contributed by atoms with van der Waals surface area (Å²) in [5, 5.41) is 0. The van der Waals surface area contributed by atoms with E-state index in [1.807, 2.05) is 29.2 Å². The van der Waals surface area contributed by atoms with E-state index < -0.39 is 0 Å². The average Bonchev–Trinajstić information content (AvgIpc) is 3.10. The first-order valence-electron chi connectivity index (χ1n) is 8.03. The van der Waals surface area contributed by atoms with Crippen LogP contribution in [0.25, 0.3) is 0 Å². The predicted octanol–water partition coefficient (Wildman–Crippen LogP) is 3.59. The van der Waals surface area contributed by atoms with Gasteiger partial charge in [-0.25, -0.2) is 0 Å². The van der Waals surface area contributed by atoms with E-state index in [4.69, 9.17) is 9.47 Å². The fourth-order valence-electron chi connectivity index (χ4n) is 3.32. The normalized spacial score (nSPS) is 19.4. The van der Waals surface area contributed by atoms with Gasteiger partial charge in [0.15, 0.2) is 11.5 Å². The number of amides is 1. The Hall–Kier alpha value is -2.08. The Balaban J connectivity index is 1.62. The quantitative estimate of drug-likeness (QED) is 0.788. The molecule has 6 heteroatoms. The number of pyridine rings is 1. The van der Waals surface area contributed by atoms with E-state index in [1.165, 1.54) is 0 Å². The number of likely N-dealkylation sites (tertiary alicyclic amines) is 1. The van der Waals surface area contributed by atoms with Crippen LogP contribution in [0.3, 0.4) is 0 Å². The van der Waals surface area contributed by atoms with Crippen LogP contribution in [0.4, 0.5) is 0 Å². The molecule has 3 heterocycles. The van der Waals surface area contributed by atoms with Crippen LogP contribution in [-0.2, 0) is 0 Å². The second-order valence-corrected chi connectivity index (χ2v) is 6.87. The lowest BCUT2D eigenvalue weighted by Crippen LogP contribution is -2.30. The SMILES string of the molecule is O=C(c1cncc(Br)c1)N1CCCC1c1ccc2c(c1)OCCO2. The zero-order valence-corrected chi connectivity index (χ0v) is 14.7. The third kappa shape index (κ3) is 2.86. The van der Waals surface area contributed by atoms with Crippen molar-refractivity contribution in [3.8, 4) is 11.5 Å². The molecule has 0 spiro atoms. The van der Waals surface area contributed by atoms with E-state index in [1.54, 1.807) is 12.4 Å². The lowest BCUT2D eigenvalue weighted by atomic mass is 10.0. The highest BCUT2D eigenvalue weighted by molar-refractivity contribution is 9.10. The van der Waals surface area contributed by atoms with Crippen molar-refractivity contribution in [1.29, 1.82) is 0 Å². The molecule has 5 nitrogen and oxygen atoms in total. The minimum atomic E-state index is 0.0150. The monoisotopic (exact) mass is 388 g/mol. The third-order valence-electron chi connectivity index (χ3n) is 4.42. The van der Waals surface area contributed by atoms with Crippen LogP contribution in [0.1, 0.15) is 34.8 Å². The molecule has 1 aromatic heterocycles. The van der Waals surface area contributed by atoms with Crippen LogP contribution >= 0.6 is 15.9 Å². The lowest BCUT2D eigenvalue weighted by molar-refractivity contribution is 0.0734. The number of nitrogens with zero attached hydrogens (tertiary/aromatic N) is 2. The number of aromatic nitrogens is 1. The Labute approximate surface area is 148 Å². The van der Waals surface area contributed by atoms with Crippen LogP contribution in [0, 0.1) is 0 Å². The topological polar surface area (TPSA) is 51.7 Å². The minimum Gasteiger partial charge on any atom is -0.486 e. The smallest absolute Gasteiger partial charge is 0.255 e. The number of carbonyl (C=O) groups excluding carboxylic acids is 1. The molecule has 1 aromatic carbocycles. The van der Waals surface area contributed by atoms with Crippen molar-refractivity contribution in [2.24, 2.45) is 0 Å². The van der Waals surface area contributed by atoms with Gasteiger partial charge in [-0.15, -0.1) is 0 Å². The van der Waals surface area contributed by atoms with Gasteiger partial charge in [0.1, 0.15) is 13.2 Å². The first-order chi connectivity index (χ1) is 11.7. The van der Waals surface area contributed by atoms with Gasteiger partial charge in [-0.2, -0.15) is 0 Å². The Bertz CT molecular complexity index is 781. The maximum Gasteiger partial charge on any atom is 0.255 e. The molecule has 24 heavy (non-hydrogen) atoms. The van der Waals surface area contributed by atoms with Gasteiger partial charge < -0.3 is 14.4 Å². The van der Waals surface area contributed by atoms with E-state index in [0.717, 1.165) is 40.9 Å². The van der Waals surface area contributed by atoms with Gasteiger partial charge in [0.2, 0.25) is 0 Å².